The normalized spacial score (nSPS) is 17.6. The van der Waals surface area contributed by atoms with E-state index in [0.29, 0.717) is 22.6 Å². The minimum atomic E-state index is -1.11. The van der Waals surface area contributed by atoms with Crippen molar-refractivity contribution in [1.82, 2.24) is 10.2 Å². The summed E-state index contributed by atoms with van der Waals surface area (Å²) in [5, 5.41) is 3.20. The molecule has 1 aliphatic heterocycles. The molecule has 0 radical (unpaired) electrons. The summed E-state index contributed by atoms with van der Waals surface area (Å²) in [5.41, 5.74) is 0.696. The first-order valence-corrected chi connectivity index (χ1v) is 11.9. The van der Waals surface area contributed by atoms with E-state index in [1.54, 1.807) is 48.5 Å². The molecule has 0 bridgehead atoms. The number of amides is 2. The number of carbonyl (C=O) groups is 2. The molecule has 8 heteroatoms. The van der Waals surface area contributed by atoms with Gasteiger partial charge < -0.3 is 19.7 Å². The Morgan fingerprint density at radius 2 is 1.83 bits per heavy atom. The number of halogens is 2. The van der Waals surface area contributed by atoms with Gasteiger partial charge in [-0.05, 0) is 51.1 Å². The second kappa shape index (κ2) is 10.2. The number of ether oxygens (including phenoxy) is 2. The van der Waals surface area contributed by atoms with Gasteiger partial charge in [-0.1, -0.05) is 48.0 Å². The monoisotopic (exact) mass is 510 g/mol. The summed E-state index contributed by atoms with van der Waals surface area (Å²) in [4.78, 5) is 29.2. The van der Waals surface area contributed by atoms with Crippen LogP contribution in [-0.2, 0) is 16.1 Å². The highest BCUT2D eigenvalue weighted by molar-refractivity contribution is 6.30. The van der Waals surface area contributed by atoms with Gasteiger partial charge in [-0.25, -0.2) is 4.39 Å². The predicted octanol–water partition coefficient (Wildman–Crippen LogP) is 5.61. The Morgan fingerprint density at radius 3 is 2.47 bits per heavy atom. The van der Waals surface area contributed by atoms with E-state index in [0.717, 1.165) is 0 Å². The lowest BCUT2D eigenvalue weighted by atomic mass is 9.99. The molecule has 3 aromatic carbocycles. The van der Waals surface area contributed by atoms with Gasteiger partial charge in [-0.3, -0.25) is 9.59 Å². The lowest BCUT2D eigenvalue weighted by Gasteiger charge is -2.33. The van der Waals surface area contributed by atoms with E-state index in [2.05, 4.69) is 5.32 Å². The molecule has 0 fully saturated rings. The smallest absolute Gasteiger partial charge is 0.269 e. The molecule has 2 amide bonds. The van der Waals surface area contributed by atoms with Crippen LogP contribution in [-0.4, -0.2) is 29.4 Å². The fraction of sp³-hybridized carbons (Fsp3) is 0.286. The number of hydrogen-bond donors (Lipinski definition) is 1. The van der Waals surface area contributed by atoms with Crippen LogP contribution >= 0.6 is 11.6 Å². The Hall–Kier alpha value is -3.58. The highest BCUT2D eigenvalue weighted by Gasteiger charge is 2.42. The summed E-state index contributed by atoms with van der Waals surface area (Å²) in [5.74, 6) is -0.602. The molecule has 0 aromatic heterocycles. The number of fused-ring (bicyclic) bond motifs is 1. The van der Waals surface area contributed by atoms with Crippen molar-refractivity contribution in [3.05, 3.63) is 94.3 Å². The van der Waals surface area contributed by atoms with Crippen molar-refractivity contribution in [3.63, 3.8) is 0 Å². The fourth-order valence-electron chi connectivity index (χ4n) is 4.16. The summed E-state index contributed by atoms with van der Waals surface area (Å²) in [6, 6.07) is 17.2. The molecule has 1 heterocycles. The first-order chi connectivity index (χ1) is 17.1. The van der Waals surface area contributed by atoms with Crippen molar-refractivity contribution in [2.45, 2.75) is 45.0 Å². The molecule has 0 spiro atoms. The largest absolute Gasteiger partial charge is 0.497 e. The average Bonchev–Trinajstić information content (AvgIpc) is 2.94. The van der Waals surface area contributed by atoms with E-state index in [4.69, 9.17) is 21.1 Å². The first-order valence-electron chi connectivity index (χ1n) is 11.5. The van der Waals surface area contributed by atoms with Gasteiger partial charge in [0.15, 0.2) is 0 Å². The van der Waals surface area contributed by atoms with Crippen LogP contribution in [0.3, 0.4) is 0 Å². The molecule has 36 heavy (non-hydrogen) atoms. The Labute approximate surface area is 215 Å². The van der Waals surface area contributed by atoms with Crippen molar-refractivity contribution in [3.8, 4) is 11.5 Å². The molecule has 6 nitrogen and oxygen atoms in total. The minimum Gasteiger partial charge on any atom is -0.497 e. The standard InChI is InChI=1S/C28H28ClFN2O4/c1-28(2,3)31-26(33)24-21-15-20(35-4)12-13-23(21)36-25(17-8-6-5-7-9-17)27(34)32(24)16-18-10-11-19(29)14-22(18)30/h5-15,24-25H,16H2,1-4H3,(H,31,33). The van der Waals surface area contributed by atoms with Crippen LogP contribution in [0.2, 0.25) is 5.02 Å². The van der Waals surface area contributed by atoms with Crippen molar-refractivity contribution in [2.75, 3.05) is 7.11 Å². The van der Waals surface area contributed by atoms with E-state index in [1.165, 1.54) is 24.1 Å². The Balaban J connectivity index is 1.91. The molecule has 188 valence electrons. The zero-order chi connectivity index (χ0) is 26.0. The number of nitrogens with one attached hydrogen (secondary N) is 1. The summed E-state index contributed by atoms with van der Waals surface area (Å²) < 4.78 is 26.5. The van der Waals surface area contributed by atoms with E-state index >= 15 is 0 Å². The first kappa shape index (κ1) is 25.5. The van der Waals surface area contributed by atoms with Gasteiger partial charge in [0.05, 0.1) is 7.11 Å². The summed E-state index contributed by atoms with van der Waals surface area (Å²) in [6.07, 6.45) is -1.04. The van der Waals surface area contributed by atoms with E-state index in [-0.39, 0.29) is 17.1 Å². The topological polar surface area (TPSA) is 67.9 Å². The van der Waals surface area contributed by atoms with E-state index in [1.807, 2.05) is 26.8 Å². The summed E-state index contributed by atoms with van der Waals surface area (Å²) in [6.45, 7) is 5.38. The van der Waals surface area contributed by atoms with Crippen LogP contribution in [0.25, 0.3) is 0 Å². The number of carbonyl (C=O) groups excluding carboxylic acids is 2. The Bertz CT molecular complexity index is 1280. The molecule has 0 saturated heterocycles. The molecule has 0 aliphatic carbocycles. The third kappa shape index (κ3) is 5.46. The molecule has 2 atom stereocenters. The second-order valence-electron chi connectivity index (χ2n) is 9.66. The molecule has 0 saturated carbocycles. The summed E-state index contributed by atoms with van der Waals surface area (Å²) >= 11 is 5.95. The highest BCUT2D eigenvalue weighted by Crippen LogP contribution is 2.41. The van der Waals surface area contributed by atoms with Gasteiger partial charge in [0.2, 0.25) is 12.0 Å². The van der Waals surface area contributed by atoms with Crippen LogP contribution in [0.4, 0.5) is 4.39 Å². The van der Waals surface area contributed by atoms with Crippen LogP contribution in [0.1, 0.15) is 49.6 Å². The van der Waals surface area contributed by atoms with E-state index in [9.17, 15) is 14.0 Å². The number of benzene rings is 3. The van der Waals surface area contributed by atoms with Gasteiger partial charge >= 0.3 is 0 Å². The zero-order valence-electron chi connectivity index (χ0n) is 20.5. The highest BCUT2D eigenvalue weighted by atomic mass is 35.5. The maximum Gasteiger partial charge on any atom is 0.269 e. The van der Waals surface area contributed by atoms with Crippen LogP contribution < -0.4 is 14.8 Å². The van der Waals surface area contributed by atoms with Crippen molar-refractivity contribution >= 4 is 23.4 Å². The minimum absolute atomic E-state index is 0.173. The number of nitrogens with zero attached hydrogens (tertiary/aromatic N) is 1. The van der Waals surface area contributed by atoms with Crippen LogP contribution in [0.15, 0.2) is 66.7 Å². The lowest BCUT2D eigenvalue weighted by Crippen LogP contribution is -2.49. The van der Waals surface area contributed by atoms with Gasteiger partial charge in [0.25, 0.3) is 5.91 Å². The van der Waals surface area contributed by atoms with Crippen LogP contribution in [0, 0.1) is 5.82 Å². The third-order valence-electron chi connectivity index (χ3n) is 5.78. The Kier molecular flexibility index (Phi) is 7.22. The van der Waals surface area contributed by atoms with Gasteiger partial charge in [-0.15, -0.1) is 0 Å². The van der Waals surface area contributed by atoms with E-state index < -0.39 is 35.3 Å². The Morgan fingerprint density at radius 1 is 1.11 bits per heavy atom. The van der Waals surface area contributed by atoms with Gasteiger partial charge in [0.1, 0.15) is 23.4 Å². The molecule has 1 N–H and O–H groups in total. The molecular formula is C28H28ClFN2O4. The maximum atomic E-state index is 14.9. The SMILES string of the molecule is COc1ccc2c(c1)C(C(=O)NC(C)(C)C)N(Cc1ccc(Cl)cc1F)C(=O)C(c1ccccc1)O2. The fourth-order valence-corrected chi connectivity index (χ4v) is 4.32. The quantitative estimate of drug-likeness (QED) is 0.484. The molecule has 3 aromatic rings. The number of hydrogen-bond acceptors (Lipinski definition) is 4. The lowest BCUT2D eigenvalue weighted by molar-refractivity contribution is -0.146. The third-order valence-corrected chi connectivity index (χ3v) is 6.02. The second-order valence-corrected chi connectivity index (χ2v) is 10.1. The summed E-state index contributed by atoms with van der Waals surface area (Å²) in [7, 11) is 1.52. The van der Waals surface area contributed by atoms with Crippen molar-refractivity contribution in [1.29, 1.82) is 0 Å². The van der Waals surface area contributed by atoms with Crippen LogP contribution in [0.5, 0.6) is 11.5 Å². The van der Waals surface area contributed by atoms with Crippen molar-refractivity contribution in [2.24, 2.45) is 0 Å². The van der Waals surface area contributed by atoms with Gasteiger partial charge in [-0.2, -0.15) is 0 Å². The zero-order valence-corrected chi connectivity index (χ0v) is 21.3. The van der Waals surface area contributed by atoms with Gasteiger partial charge in [0, 0.05) is 33.8 Å². The van der Waals surface area contributed by atoms with Crippen molar-refractivity contribution < 1.29 is 23.5 Å². The molecule has 2 unspecified atom stereocenters. The number of rotatable bonds is 5. The maximum absolute atomic E-state index is 14.9. The number of methoxy groups -OCH3 is 1. The molecular weight excluding hydrogens is 483 g/mol. The average molecular weight is 511 g/mol. The predicted molar refractivity (Wildman–Crippen MR) is 135 cm³/mol. The molecule has 1 aliphatic rings. The molecule has 4 rings (SSSR count).